The number of Topliss-reactive ketones (excluding diaryl/α,β-unsaturated/α-hetero) is 2. The molecule has 0 rings (SSSR count). The van der Waals surface area contributed by atoms with E-state index < -0.39 is 0 Å². The summed E-state index contributed by atoms with van der Waals surface area (Å²) in [5, 5.41) is 7.92. The van der Waals surface area contributed by atoms with E-state index in [4.69, 9.17) is 5.39 Å². The molecule has 0 bridgehead atoms. The van der Waals surface area contributed by atoms with Crippen LogP contribution >= 0.6 is 0 Å². The molecule has 4 nitrogen and oxygen atoms in total. The lowest BCUT2D eigenvalue weighted by Gasteiger charge is -1.86. The summed E-state index contributed by atoms with van der Waals surface area (Å²) in [6.07, 6.45) is 0.424. The van der Waals surface area contributed by atoms with Crippen LogP contribution in [0.3, 0.4) is 0 Å². The molecule has 0 aliphatic carbocycles. The van der Waals surface area contributed by atoms with Crippen LogP contribution in [0.15, 0.2) is 0 Å². The van der Waals surface area contributed by atoms with Crippen LogP contribution in [0.4, 0.5) is 0 Å². The number of carbonyl (C=O) groups excluding carboxylic acids is 2. The minimum Gasteiger partial charge on any atom is -0.300 e. The lowest BCUT2D eigenvalue weighted by Crippen LogP contribution is -2.03. The Morgan fingerprint density at radius 1 is 1.40 bits per heavy atom. The minimum absolute atomic E-state index is 0.0220. The zero-order chi connectivity index (χ0) is 7.98. The van der Waals surface area contributed by atoms with E-state index in [1.165, 1.54) is 6.92 Å². The summed E-state index contributed by atoms with van der Waals surface area (Å²) in [6.45, 7) is 1.22. The molecule has 0 saturated carbocycles. The first-order valence-corrected chi connectivity index (χ1v) is 2.99. The molecule has 0 aliphatic rings. The Morgan fingerprint density at radius 3 is 2.40 bits per heavy atom. The van der Waals surface area contributed by atoms with Crippen LogP contribution in [0.25, 0.3) is 4.98 Å². The van der Waals surface area contributed by atoms with Crippen LogP contribution in [0.5, 0.6) is 0 Å². The summed E-state index contributed by atoms with van der Waals surface area (Å²) < 4.78 is 0. The van der Waals surface area contributed by atoms with Gasteiger partial charge in [0.15, 0.2) is 0 Å². The van der Waals surface area contributed by atoms with Crippen LogP contribution in [-0.4, -0.2) is 18.1 Å². The fourth-order valence-corrected chi connectivity index (χ4v) is 0.473. The molecule has 54 valence electrons. The summed E-state index contributed by atoms with van der Waals surface area (Å²) in [7, 11) is 0. The molecule has 0 saturated heterocycles. The smallest absolute Gasteiger partial charge is 0.300 e. The Balaban J connectivity index is 3.42. The normalized spacial score (nSPS) is 8.40. The summed E-state index contributed by atoms with van der Waals surface area (Å²) in [5.74, 6) is -0.232. The van der Waals surface area contributed by atoms with Gasteiger partial charge >= 0.3 is 6.54 Å². The third kappa shape index (κ3) is 4.91. The van der Waals surface area contributed by atoms with Gasteiger partial charge in [0.1, 0.15) is 10.8 Å². The van der Waals surface area contributed by atoms with Gasteiger partial charge < -0.3 is 4.79 Å². The molecule has 0 aromatic rings. The van der Waals surface area contributed by atoms with Gasteiger partial charge in [-0.3, -0.25) is 4.79 Å². The van der Waals surface area contributed by atoms with E-state index in [0.717, 1.165) is 0 Å². The molecular formula is C6H9N2O2+. The highest BCUT2D eigenvalue weighted by molar-refractivity contribution is 5.86. The first-order chi connectivity index (χ1) is 4.66. The summed E-state index contributed by atoms with van der Waals surface area (Å²) in [5.41, 5.74) is 0. The molecule has 0 aromatic heterocycles. The SMILES string of the molecule is CC(=O)CCC(=O)C[N+]#N. The van der Waals surface area contributed by atoms with E-state index in [0.29, 0.717) is 0 Å². The topological polar surface area (TPSA) is 62.3 Å². The van der Waals surface area contributed by atoms with Crippen molar-refractivity contribution in [3.8, 4) is 0 Å². The first kappa shape index (κ1) is 8.76. The molecule has 0 unspecified atom stereocenters. The standard InChI is InChI=1S/C6H9N2O2/c1-5(9)2-3-6(10)4-8-7/h2-4H2,1H3/q+1. The van der Waals surface area contributed by atoms with E-state index in [9.17, 15) is 9.59 Å². The summed E-state index contributed by atoms with van der Waals surface area (Å²) in [4.78, 5) is 23.5. The second kappa shape index (κ2) is 4.62. The highest BCUT2D eigenvalue weighted by Crippen LogP contribution is 1.91. The van der Waals surface area contributed by atoms with E-state index in [2.05, 4.69) is 4.98 Å². The average molecular weight is 141 g/mol. The predicted octanol–water partition coefficient (Wildman–Crippen LogP) is 0.778. The molecule has 0 N–H and O–H groups in total. The third-order valence-corrected chi connectivity index (χ3v) is 1.00. The molecule has 0 radical (unpaired) electrons. The Morgan fingerprint density at radius 2 is 2.00 bits per heavy atom. The van der Waals surface area contributed by atoms with Crippen molar-refractivity contribution >= 4 is 11.6 Å². The summed E-state index contributed by atoms with van der Waals surface area (Å²) in [6, 6.07) is 0. The van der Waals surface area contributed by atoms with Crippen LogP contribution in [0.2, 0.25) is 0 Å². The quantitative estimate of drug-likeness (QED) is 0.543. The van der Waals surface area contributed by atoms with E-state index in [1.54, 1.807) is 0 Å². The Hall–Kier alpha value is -1.24. The highest BCUT2D eigenvalue weighted by Gasteiger charge is 2.09. The fourth-order valence-electron chi connectivity index (χ4n) is 0.473. The average Bonchev–Trinajstić information content (AvgIpc) is 1.85. The maximum Gasteiger partial charge on any atom is 0.362 e. The van der Waals surface area contributed by atoms with E-state index in [-0.39, 0.29) is 31.0 Å². The molecular weight excluding hydrogens is 132 g/mol. The zero-order valence-electron chi connectivity index (χ0n) is 5.83. The van der Waals surface area contributed by atoms with E-state index >= 15 is 0 Å². The lowest BCUT2D eigenvalue weighted by molar-refractivity contribution is -0.122. The third-order valence-electron chi connectivity index (χ3n) is 1.00. The van der Waals surface area contributed by atoms with Crippen molar-refractivity contribution in [3.63, 3.8) is 0 Å². The summed E-state index contributed by atoms with van der Waals surface area (Å²) >= 11 is 0. The molecule has 0 atom stereocenters. The Kier molecular flexibility index (Phi) is 4.05. The van der Waals surface area contributed by atoms with Crippen molar-refractivity contribution in [2.45, 2.75) is 19.8 Å². The van der Waals surface area contributed by atoms with Gasteiger partial charge in [0.2, 0.25) is 11.2 Å². The Labute approximate surface area is 58.8 Å². The highest BCUT2D eigenvalue weighted by atomic mass is 16.1. The van der Waals surface area contributed by atoms with Crippen LogP contribution in [-0.2, 0) is 9.59 Å². The van der Waals surface area contributed by atoms with Gasteiger partial charge in [0, 0.05) is 12.8 Å². The van der Waals surface area contributed by atoms with Gasteiger partial charge in [-0.15, -0.1) is 0 Å². The van der Waals surface area contributed by atoms with Gasteiger partial charge in [-0.25, -0.2) is 0 Å². The number of carbonyl (C=O) groups is 2. The van der Waals surface area contributed by atoms with Gasteiger partial charge in [-0.2, -0.15) is 0 Å². The van der Waals surface area contributed by atoms with Gasteiger partial charge in [-0.05, 0) is 6.92 Å². The second-order valence-electron chi connectivity index (χ2n) is 2.04. The van der Waals surface area contributed by atoms with Crippen LogP contribution < -0.4 is 0 Å². The number of nitrogens with zero attached hydrogens (tertiary/aromatic N) is 2. The van der Waals surface area contributed by atoms with Crippen LogP contribution in [0, 0.1) is 5.39 Å². The number of hydrogen-bond acceptors (Lipinski definition) is 3. The molecule has 0 aliphatic heterocycles. The minimum atomic E-state index is -0.210. The maximum absolute atomic E-state index is 10.5. The van der Waals surface area contributed by atoms with Gasteiger partial charge in [0.05, 0.1) is 0 Å². The largest absolute Gasteiger partial charge is 0.362 e. The van der Waals surface area contributed by atoms with Crippen molar-refractivity contribution in [3.05, 3.63) is 4.98 Å². The molecule has 0 spiro atoms. The molecule has 0 heterocycles. The zero-order valence-corrected chi connectivity index (χ0v) is 5.83. The number of diazo groups is 1. The van der Waals surface area contributed by atoms with Crippen LogP contribution in [0.1, 0.15) is 19.8 Å². The molecule has 0 fully saturated rings. The second-order valence-corrected chi connectivity index (χ2v) is 2.04. The maximum atomic E-state index is 10.5. The molecule has 0 amide bonds. The fraction of sp³-hybridized carbons (Fsp3) is 0.667. The predicted molar refractivity (Wildman–Crippen MR) is 34.9 cm³/mol. The van der Waals surface area contributed by atoms with E-state index in [1.807, 2.05) is 0 Å². The van der Waals surface area contributed by atoms with Crippen molar-refractivity contribution in [2.24, 2.45) is 0 Å². The molecule has 0 aromatic carbocycles. The number of ketones is 2. The van der Waals surface area contributed by atoms with Gasteiger partial charge in [-0.1, -0.05) is 0 Å². The lowest BCUT2D eigenvalue weighted by atomic mass is 10.2. The van der Waals surface area contributed by atoms with Crippen molar-refractivity contribution in [2.75, 3.05) is 6.54 Å². The number of rotatable bonds is 4. The molecule has 4 heteroatoms. The monoisotopic (exact) mass is 141 g/mol. The van der Waals surface area contributed by atoms with Gasteiger partial charge in [0.25, 0.3) is 0 Å². The first-order valence-electron chi connectivity index (χ1n) is 2.99. The Bertz CT molecular complexity index is 181. The van der Waals surface area contributed by atoms with Crippen molar-refractivity contribution in [1.82, 2.24) is 0 Å². The van der Waals surface area contributed by atoms with Crippen molar-refractivity contribution < 1.29 is 9.59 Å². The molecule has 10 heavy (non-hydrogen) atoms. The van der Waals surface area contributed by atoms with Crippen molar-refractivity contribution in [1.29, 1.82) is 5.39 Å². The number of hydrogen-bond donors (Lipinski definition) is 0.